The van der Waals surface area contributed by atoms with Crippen LogP contribution in [0.25, 0.3) is 0 Å². The van der Waals surface area contributed by atoms with Gasteiger partial charge in [-0.1, -0.05) is 19.1 Å². The molecule has 1 N–H and O–H groups in total. The third-order valence-corrected chi connectivity index (χ3v) is 3.67. The summed E-state index contributed by atoms with van der Waals surface area (Å²) in [6.45, 7) is 3.62. The van der Waals surface area contributed by atoms with Gasteiger partial charge in [-0.25, -0.2) is 8.78 Å². The van der Waals surface area contributed by atoms with Crippen molar-refractivity contribution in [1.29, 1.82) is 5.26 Å². The summed E-state index contributed by atoms with van der Waals surface area (Å²) in [4.78, 5) is 1.62. The summed E-state index contributed by atoms with van der Waals surface area (Å²) in [5, 5.41) is 19.0. The molecule has 1 aromatic carbocycles. The molecule has 6 heteroatoms. The fourth-order valence-corrected chi connectivity index (χ4v) is 2.80. The lowest BCUT2D eigenvalue weighted by Gasteiger charge is -2.26. The van der Waals surface area contributed by atoms with E-state index in [1.807, 2.05) is 0 Å². The van der Waals surface area contributed by atoms with Crippen LogP contribution in [0.4, 0.5) is 14.5 Å². The van der Waals surface area contributed by atoms with E-state index in [9.17, 15) is 13.8 Å². The zero-order valence-electron chi connectivity index (χ0n) is 10.9. The Morgan fingerprint density at radius 3 is 2.79 bits per heavy atom. The van der Waals surface area contributed by atoms with Crippen LogP contribution in [-0.4, -0.2) is 25.0 Å². The van der Waals surface area contributed by atoms with Crippen LogP contribution in [0, 0.1) is 11.3 Å². The first kappa shape index (κ1) is 13.8. The first-order valence-electron chi connectivity index (χ1n) is 6.15. The molecule has 1 unspecified atom stereocenters. The van der Waals surface area contributed by atoms with Gasteiger partial charge in [0.15, 0.2) is 0 Å². The number of hydrogen-bond donors (Lipinski definition) is 1. The van der Waals surface area contributed by atoms with Gasteiger partial charge in [0.2, 0.25) is 6.43 Å². The van der Waals surface area contributed by atoms with Crippen molar-refractivity contribution in [2.45, 2.75) is 32.0 Å². The van der Waals surface area contributed by atoms with Gasteiger partial charge in [0.1, 0.15) is 6.07 Å². The van der Waals surface area contributed by atoms with E-state index in [-0.39, 0.29) is 6.42 Å². The Labute approximate surface area is 111 Å². The normalized spacial score (nSPS) is 21.4. The average molecular weight is 264 g/mol. The lowest BCUT2D eigenvalue weighted by molar-refractivity contribution is 0.111. The van der Waals surface area contributed by atoms with Crippen LogP contribution >= 0.6 is 0 Å². The molecule has 0 aromatic heterocycles. The SMILES string of the molecule is CB(O)N1CC(C)(CC(F)F)c2cccc(C#N)c21. The fraction of sp³-hybridized carbons (Fsp3) is 0.462. The number of fused-ring (bicyclic) bond motifs is 1. The first-order chi connectivity index (χ1) is 8.89. The average Bonchev–Trinajstić information content (AvgIpc) is 2.62. The number of hydrogen-bond acceptors (Lipinski definition) is 3. The van der Waals surface area contributed by atoms with Gasteiger partial charge in [-0.15, -0.1) is 0 Å². The summed E-state index contributed by atoms with van der Waals surface area (Å²) in [5.74, 6) is 0. The Morgan fingerprint density at radius 2 is 2.26 bits per heavy atom. The Bertz CT molecular complexity index is 530. The number of rotatable bonds is 3. The van der Waals surface area contributed by atoms with E-state index in [1.54, 1.807) is 36.8 Å². The topological polar surface area (TPSA) is 47.3 Å². The Kier molecular flexibility index (Phi) is 3.50. The van der Waals surface area contributed by atoms with Crippen molar-refractivity contribution in [3.63, 3.8) is 0 Å². The Hall–Kier alpha value is -1.61. The molecule has 0 bridgehead atoms. The molecule has 100 valence electrons. The van der Waals surface area contributed by atoms with Crippen LogP contribution in [0.5, 0.6) is 0 Å². The molecule has 19 heavy (non-hydrogen) atoms. The summed E-state index contributed by atoms with van der Waals surface area (Å²) < 4.78 is 25.6. The van der Waals surface area contributed by atoms with Gasteiger partial charge < -0.3 is 9.83 Å². The molecule has 0 spiro atoms. The molecular weight excluding hydrogens is 249 g/mol. The zero-order valence-corrected chi connectivity index (χ0v) is 10.9. The minimum atomic E-state index is -2.42. The minimum absolute atomic E-state index is 0.280. The largest absolute Gasteiger partial charge is 0.432 e. The highest BCUT2D eigenvalue weighted by Crippen LogP contribution is 2.45. The van der Waals surface area contributed by atoms with Gasteiger partial charge in [-0.3, -0.25) is 0 Å². The molecule has 2 rings (SSSR count). The standard InChI is InChI=1S/C13H15BF2N2O/c1-13(6-11(15)16)8-18(14(2)19)12-9(7-17)4-3-5-10(12)13/h3-5,11,19H,6,8H2,1-2H3. The number of alkyl halides is 2. The van der Waals surface area contributed by atoms with Crippen LogP contribution < -0.4 is 4.81 Å². The van der Waals surface area contributed by atoms with E-state index in [0.717, 1.165) is 0 Å². The molecule has 0 saturated heterocycles. The van der Waals surface area contributed by atoms with Gasteiger partial charge in [-0.05, 0) is 18.5 Å². The van der Waals surface area contributed by atoms with E-state index in [0.29, 0.717) is 23.4 Å². The zero-order chi connectivity index (χ0) is 14.2. The molecule has 0 aliphatic carbocycles. The summed E-state index contributed by atoms with van der Waals surface area (Å²) in [6.07, 6.45) is -2.70. The van der Waals surface area contributed by atoms with Gasteiger partial charge >= 0.3 is 7.05 Å². The lowest BCUT2D eigenvalue weighted by Crippen LogP contribution is -2.40. The second-order valence-corrected chi connectivity index (χ2v) is 5.23. The summed E-state index contributed by atoms with van der Waals surface area (Å²) in [7, 11) is -0.812. The molecule has 0 radical (unpaired) electrons. The number of para-hydroxylation sites is 1. The Balaban J connectivity index is 2.56. The number of nitriles is 1. The second-order valence-electron chi connectivity index (χ2n) is 5.23. The lowest BCUT2D eigenvalue weighted by atomic mass is 9.80. The van der Waals surface area contributed by atoms with Crippen molar-refractivity contribution < 1.29 is 13.8 Å². The van der Waals surface area contributed by atoms with E-state index in [4.69, 9.17) is 5.26 Å². The molecule has 0 amide bonds. The molecule has 1 atom stereocenters. The Morgan fingerprint density at radius 1 is 1.58 bits per heavy atom. The third-order valence-electron chi connectivity index (χ3n) is 3.67. The van der Waals surface area contributed by atoms with Crippen molar-refractivity contribution in [3.8, 4) is 6.07 Å². The maximum absolute atomic E-state index is 12.8. The predicted octanol–water partition coefficient (Wildman–Crippen LogP) is 2.40. The van der Waals surface area contributed by atoms with Crippen LogP contribution in [0.3, 0.4) is 0 Å². The number of benzene rings is 1. The highest BCUT2D eigenvalue weighted by molar-refractivity contribution is 6.54. The molecule has 1 aliphatic heterocycles. The van der Waals surface area contributed by atoms with Crippen LogP contribution in [-0.2, 0) is 5.41 Å². The third kappa shape index (κ3) is 2.30. The highest BCUT2D eigenvalue weighted by Gasteiger charge is 2.43. The molecule has 1 aromatic rings. The molecule has 1 aliphatic rings. The maximum atomic E-state index is 12.8. The van der Waals surface area contributed by atoms with Crippen LogP contribution in [0.1, 0.15) is 24.5 Å². The van der Waals surface area contributed by atoms with Gasteiger partial charge in [-0.2, -0.15) is 5.26 Å². The van der Waals surface area contributed by atoms with E-state index >= 15 is 0 Å². The minimum Gasteiger partial charge on any atom is -0.432 e. The highest BCUT2D eigenvalue weighted by atomic mass is 19.3. The smallest absolute Gasteiger partial charge is 0.409 e. The summed E-state index contributed by atoms with van der Waals surface area (Å²) in [6, 6.07) is 7.17. The van der Waals surface area contributed by atoms with Gasteiger partial charge in [0.25, 0.3) is 0 Å². The summed E-state index contributed by atoms with van der Waals surface area (Å²) >= 11 is 0. The van der Waals surface area contributed by atoms with Crippen molar-refractivity contribution in [2.75, 3.05) is 11.4 Å². The monoisotopic (exact) mass is 264 g/mol. The fourth-order valence-electron chi connectivity index (χ4n) is 2.80. The quantitative estimate of drug-likeness (QED) is 0.853. The van der Waals surface area contributed by atoms with E-state index < -0.39 is 18.9 Å². The summed E-state index contributed by atoms with van der Waals surface area (Å²) in [5.41, 5.74) is 0.972. The maximum Gasteiger partial charge on any atom is 0.409 e. The van der Waals surface area contributed by atoms with Gasteiger partial charge in [0, 0.05) is 24.1 Å². The molecule has 1 heterocycles. The van der Waals surface area contributed by atoms with E-state index in [2.05, 4.69) is 6.07 Å². The van der Waals surface area contributed by atoms with Gasteiger partial charge in [0.05, 0.1) is 5.56 Å². The van der Waals surface area contributed by atoms with E-state index in [1.165, 1.54) is 0 Å². The molecule has 0 saturated carbocycles. The van der Waals surface area contributed by atoms with Crippen molar-refractivity contribution >= 4 is 12.7 Å². The number of anilines is 1. The van der Waals surface area contributed by atoms with Crippen molar-refractivity contribution in [1.82, 2.24) is 0 Å². The first-order valence-corrected chi connectivity index (χ1v) is 6.15. The number of halogens is 2. The molecule has 0 fully saturated rings. The van der Waals surface area contributed by atoms with Crippen LogP contribution in [0.15, 0.2) is 18.2 Å². The number of nitrogens with zero attached hydrogens (tertiary/aromatic N) is 2. The molecule has 3 nitrogen and oxygen atoms in total. The molecular formula is C13H15BF2N2O. The van der Waals surface area contributed by atoms with Crippen molar-refractivity contribution in [3.05, 3.63) is 29.3 Å². The van der Waals surface area contributed by atoms with Crippen LogP contribution in [0.2, 0.25) is 6.82 Å². The van der Waals surface area contributed by atoms with Crippen molar-refractivity contribution in [2.24, 2.45) is 0 Å². The second kappa shape index (κ2) is 4.82. The predicted molar refractivity (Wildman–Crippen MR) is 70.3 cm³/mol.